The molecular weight excluding hydrogens is 493 g/mol. The average molecular weight is 527 g/mol. The maximum absolute atomic E-state index is 13.4. The van der Waals surface area contributed by atoms with Crippen LogP contribution in [0.1, 0.15) is 30.6 Å². The summed E-state index contributed by atoms with van der Waals surface area (Å²) in [5.74, 6) is -0.287. The molecular formula is C28H34O4S2Si. The van der Waals surface area contributed by atoms with Crippen LogP contribution in [-0.4, -0.2) is 34.8 Å². The molecule has 7 heteroatoms. The lowest BCUT2D eigenvalue weighted by molar-refractivity contribution is -0.144. The Morgan fingerprint density at radius 2 is 1.57 bits per heavy atom. The van der Waals surface area contributed by atoms with E-state index in [1.165, 1.54) is 11.3 Å². The number of hydrogen-bond acceptors (Lipinski definition) is 5. The highest BCUT2D eigenvalue weighted by molar-refractivity contribution is 7.92. The number of carbonyl (C=O) groups is 1. The van der Waals surface area contributed by atoms with Gasteiger partial charge in [-0.2, -0.15) is 0 Å². The second-order valence-electron chi connectivity index (χ2n) is 10.6. The first-order chi connectivity index (χ1) is 16.6. The molecule has 1 saturated heterocycles. The van der Waals surface area contributed by atoms with E-state index in [1.807, 2.05) is 30.3 Å². The molecule has 1 aromatic heterocycles. The number of rotatable bonds is 8. The average Bonchev–Trinajstić information content (AvgIpc) is 3.31. The van der Waals surface area contributed by atoms with Crippen LogP contribution in [0.5, 0.6) is 0 Å². The first-order valence-corrected chi connectivity index (χ1v) is 18.4. The lowest BCUT2D eigenvalue weighted by Crippen LogP contribution is -2.42. The van der Waals surface area contributed by atoms with E-state index in [-0.39, 0.29) is 12.2 Å². The number of benzene rings is 2. The van der Waals surface area contributed by atoms with Crippen LogP contribution in [0.25, 0.3) is 21.6 Å². The third-order valence-corrected chi connectivity index (χ3v) is 12.5. The molecule has 0 bridgehead atoms. The molecule has 35 heavy (non-hydrogen) atoms. The molecule has 2 heterocycles. The highest BCUT2D eigenvalue weighted by Crippen LogP contribution is 2.47. The fraction of sp³-hybridized carbons (Fsp3) is 0.393. The van der Waals surface area contributed by atoms with Crippen molar-refractivity contribution in [3.8, 4) is 21.6 Å². The summed E-state index contributed by atoms with van der Waals surface area (Å²) in [5.41, 5.74) is 3.34. The van der Waals surface area contributed by atoms with Crippen LogP contribution in [0.4, 0.5) is 0 Å². The molecule has 186 valence electrons. The standard InChI is InChI=1S/C28H34O4S2Si/c1-35(2,3)20-18-32-27(29)21-28(17-7-8-19-34(28,30)31)26-16-15-25(33-26)24-13-11-23(12-14-24)22-9-5-4-6-10-22/h4-6,9-16H,7-8,17-21H2,1-3H3/t28-/m0/s1. The van der Waals surface area contributed by atoms with Crippen LogP contribution in [0, 0.1) is 0 Å². The van der Waals surface area contributed by atoms with Gasteiger partial charge in [-0.25, -0.2) is 8.42 Å². The van der Waals surface area contributed by atoms with Crippen molar-refractivity contribution in [3.63, 3.8) is 0 Å². The molecule has 4 rings (SSSR count). The molecule has 2 aromatic carbocycles. The number of esters is 1. The van der Waals surface area contributed by atoms with Crippen molar-refractivity contribution in [2.75, 3.05) is 12.4 Å². The monoisotopic (exact) mass is 526 g/mol. The number of thiophene rings is 1. The molecule has 1 aliphatic heterocycles. The van der Waals surface area contributed by atoms with Gasteiger partial charge in [0.05, 0.1) is 18.8 Å². The van der Waals surface area contributed by atoms with Gasteiger partial charge in [0.25, 0.3) is 0 Å². The van der Waals surface area contributed by atoms with Crippen molar-refractivity contribution in [2.45, 2.75) is 56.1 Å². The molecule has 1 atom stereocenters. The van der Waals surface area contributed by atoms with E-state index in [1.54, 1.807) is 0 Å². The molecule has 4 nitrogen and oxygen atoms in total. The third kappa shape index (κ3) is 5.96. The number of sulfone groups is 1. The largest absolute Gasteiger partial charge is 0.466 e. The quantitative estimate of drug-likeness (QED) is 0.231. The first kappa shape index (κ1) is 25.9. The second-order valence-corrected chi connectivity index (χ2v) is 19.7. The summed E-state index contributed by atoms with van der Waals surface area (Å²) in [5, 5.41) is 0. The van der Waals surface area contributed by atoms with Crippen LogP contribution in [0.15, 0.2) is 66.7 Å². The van der Waals surface area contributed by atoms with Crippen LogP contribution < -0.4 is 0 Å². The fourth-order valence-corrected chi connectivity index (χ4v) is 9.05. The van der Waals surface area contributed by atoms with E-state index in [9.17, 15) is 13.2 Å². The van der Waals surface area contributed by atoms with E-state index < -0.39 is 28.6 Å². The topological polar surface area (TPSA) is 60.4 Å². The number of hydrogen-bond donors (Lipinski definition) is 0. The Morgan fingerprint density at radius 3 is 2.23 bits per heavy atom. The van der Waals surface area contributed by atoms with Gasteiger partial charge in [0, 0.05) is 17.8 Å². The minimum atomic E-state index is -3.48. The zero-order valence-corrected chi connectivity index (χ0v) is 23.4. The third-order valence-electron chi connectivity index (χ3n) is 6.72. The minimum Gasteiger partial charge on any atom is -0.466 e. The molecule has 1 aliphatic rings. The zero-order valence-electron chi connectivity index (χ0n) is 20.8. The molecule has 0 saturated carbocycles. The maximum atomic E-state index is 13.4. The van der Waals surface area contributed by atoms with Crippen LogP contribution >= 0.6 is 11.3 Å². The Labute approximate surface area is 214 Å². The van der Waals surface area contributed by atoms with Gasteiger partial charge in [-0.15, -0.1) is 11.3 Å². The maximum Gasteiger partial charge on any atom is 0.307 e. The number of carbonyl (C=O) groups excluding carboxylic acids is 1. The van der Waals surface area contributed by atoms with Crippen molar-refractivity contribution in [1.29, 1.82) is 0 Å². The lowest BCUT2D eigenvalue weighted by atomic mass is 9.95. The molecule has 0 radical (unpaired) electrons. The van der Waals surface area contributed by atoms with Crippen molar-refractivity contribution < 1.29 is 17.9 Å². The van der Waals surface area contributed by atoms with Gasteiger partial charge in [0.2, 0.25) is 0 Å². The van der Waals surface area contributed by atoms with Gasteiger partial charge in [0.15, 0.2) is 9.84 Å². The number of ether oxygens (including phenoxy) is 1. The van der Waals surface area contributed by atoms with Gasteiger partial charge < -0.3 is 4.74 Å². The predicted octanol–water partition coefficient (Wildman–Crippen LogP) is 7.15. The van der Waals surface area contributed by atoms with Crippen molar-refractivity contribution in [3.05, 3.63) is 71.6 Å². The van der Waals surface area contributed by atoms with E-state index in [0.717, 1.165) is 38.9 Å². The second kappa shape index (κ2) is 10.4. The van der Waals surface area contributed by atoms with Crippen molar-refractivity contribution in [2.24, 2.45) is 0 Å². The Hall–Kier alpha value is -2.22. The molecule has 0 N–H and O–H groups in total. The first-order valence-electron chi connectivity index (χ1n) is 12.2. The van der Waals surface area contributed by atoms with E-state index in [4.69, 9.17) is 4.74 Å². The zero-order chi connectivity index (χ0) is 25.1. The SMILES string of the molecule is C[Si](C)(C)CCOC(=O)C[C@]1(c2ccc(-c3ccc(-c4ccccc4)cc3)s2)CCCCS1(=O)=O. The molecule has 3 aromatic rings. The van der Waals surface area contributed by atoms with Gasteiger partial charge >= 0.3 is 5.97 Å². The summed E-state index contributed by atoms with van der Waals surface area (Å²) >= 11 is 1.49. The van der Waals surface area contributed by atoms with Crippen molar-refractivity contribution >= 4 is 35.2 Å². The molecule has 0 amide bonds. The van der Waals surface area contributed by atoms with Crippen LogP contribution in [-0.2, 0) is 24.1 Å². The summed E-state index contributed by atoms with van der Waals surface area (Å²) in [4.78, 5) is 14.6. The predicted molar refractivity (Wildman–Crippen MR) is 148 cm³/mol. The highest BCUT2D eigenvalue weighted by Gasteiger charge is 2.49. The minimum absolute atomic E-state index is 0.103. The Balaban J connectivity index is 1.59. The summed E-state index contributed by atoms with van der Waals surface area (Å²) in [7, 11) is -4.82. The highest BCUT2D eigenvalue weighted by atomic mass is 32.2. The van der Waals surface area contributed by atoms with E-state index in [2.05, 4.69) is 56.0 Å². The summed E-state index contributed by atoms with van der Waals surface area (Å²) in [6.07, 6.45) is 1.80. The Bertz CT molecular complexity index is 1260. The summed E-state index contributed by atoms with van der Waals surface area (Å²) < 4.78 is 31.2. The smallest absolute Gasteiger partial charge is 0.307 e. The lowest BCUT2D eigenvalue weighted by Gasteiger charge is -2.35. The molecule has 1 fully saturated rings. The molecule has 0 aliphatic carbocycles. The summed E-state index contributed by atoms with van der Waals surface area (Å²) in [6.45, 7) is 7.06. The molecule has 0 unspecified atom stereocenters. The van der Waals surface area contributed by atoms with E-state index in [0.29, 0.717) is 19.4 Å². The molecule has 0 spiro atoms. The Morgan fingerprint density at radius 1 is 0.914 bits per heavy atom. The summed E-state index contributed by atoms with van der Waals surface area (Å²) in [6, 6.07) is 23.3. The fourth-order valence-electron chi connectivity index (χ4n) is 4.57. The van der Waals surface area contributed by atoms with Gasteiger partial charge in [-0.3, -0.25) is 4.79 Å². The van der Waals surface area contributed by atoms with E-state index >= 15 is 0 Å². The van der Waals surface area contributed by atoms with Crippen molar-refractivity contribution in [1.82, 2.24) is 0 Å². The van der Waals surface area contributed by atoms with Gasteiger partial charge in [-0.05, 0) is 47.7 Å². The van der Waals surface area contributed by atoms with Gasteiger partial charge in [0.1, 0.15) is 4.75 Å². The Kier molecular flexibility index (Phi) is 7.69. The van der Waals surface area contributed by atoms with Crippen LogP contribution in [0.3, 0.4) is 0 Å². The van der Waals surface area contributed by atoms with Gasteiger partial charge in [-0.1, -0.05) is 80.7 Å². The normalized spacial score (nSPS) is 19.9. The van der Waals surface area contributed by atoms with Crippen LogP contribution in [0.2, 0.25) is 25.7 Å².